The molecule has 5 heteroatoms. The van der Waals surface area contributed by atoms with Gasteiger partial charge in [0.05, 0.1) is 11.9 Å². The smallest absolute Gasteiger partial charge is 0.229 e. The zero-order chi connectivity index (χ0) is 14.2. The number of fused-ring (bicyclic) bond motifs is 1. The van der Waals surface area contributed by atoms with Crippen LogP contribution in [0.15, 0.2) is 18.3 Å². The van der Waals surface area contributed by atoms with E-state index in [1.165, 1.54) is 19.3 Å². The van der Waals surface area contributed by atoms with E-state index in [4.69, 9.17) is 0 Å². The van der Waals surface area contributed by atoms with Gasteiger partial charge in [-0.1, -0.05) is 6.42 Å². The molecular weight excluding hydrogens is 264 g/mol. The average molecular weight is 286 g/mol. The lowest BCUT2D eigenvalue weighted by atomic mass is 10.1. The van der Waals surface area contributed by atoms with Gasteiger partial charge in [0.25, 0.3) is 0 Å². The predicted octanol–water partition coefficient (Wildman–Crippen LogP) is 1.48. The summed E-state index contributed by atoms with van der Waals surface area (Å²) in [6.07, 6.45) is 5.64. The third-order valence-electron chi connectivity index (χ3n) is 5.19. The molecule has 1 aromatic heterocycles. The molecule has 1 saturated heterocycles. The summed E-state index contributed by atoms with van der Waals surface area (Å²) in [4.78, 5) is 18.9. The monoisotopic (exact) mass is 286 g/mol. The van der Waals surface area contributed by atoms with Crippen LogP contribution in [0.5, 0.6) is 0 Å². The van der Waals surface area contributed by atoms with Crippen molar-refractivity contribution in [2.45, 2.75) is 19.3 Å². The highest BCUT2D eigenvalue weighted by Gasteiger charge is 2.56. The lowest BCUT2D eigenvalue weighted by molar-refractivity contribution is -0.118. The molecule has 2 N–H and O–H groups in total. The highest BCUT2D eigenvalue weighted by molar-refractivity contribution is 5.94. The topological polar surface area (TPSA) is 57.3 Å². The van der Waals surface area contributed by atoms with E-state index in [-0.39, 0.29) is 11.8 Å². The molecule has 3 fully saturated rings. The van der Waals surface area contributed by atoms with Gasteiger partial charge < -0.3 is 15.5 Å². The largest absolute Gasteiger partial charge is 0.368 e. The van der Waals surface area contributed by atoms with E-state index in [1.54, 1.807) is 0 Å². The number of aromatic nitrogens is 1. The number of pyridine rings is 1. The molecule has 112 valence electrons. The summed E-state index contributed by atoms with van der Waals surface area (Å²) in [5, 5.41) is 6.32. The Morgan fingerprint density at radius 2 is 2.00 bits per heavy atom. The number of nitrogens with one attached hydrogen (secondary N) is 2. The van der Waals surface area contributed by atoms with E-state index >= 15 is 0 Å². The number of anilines is 2. The van der Waals surface area contributed by atoms with Gasteiger partial charge >= 0.3 is 0 Å². The fourth-order valence-electron chi connectivity index (χ4n) is 3.99. The number of hydrogen-bond donors (Lipinski definition) is 2. The SMILES string of the molecule is O=C(Nc1ccc(N2CCNCC2)cn1)C1C2CCCC21. The number of carbonyl (C=O) groups is 1. The molecule has 0 radical (unpaired) electrons. The highest BCUT2D eigenvalue weighted by atomic mass is 16.2. The molecule has 21 heavy (non-hydrogen) atoms. The quantitative estimate of drug-likeness (QED) is 0.883. The average Bonchev–Trinajstić information content (AvgIpc) is 3.02. The van der Waals surface area contributed by atoms with Gasteiger partial charge in [-0.15, -0.1) is 0 Å². The maximum Gasteiger partial charge on any atom is 0.229 e. The van der Waals surface area contributed by atoms with Crippen LogP contribution < -0.4 is 15.5 Å². The molecular formula is C16H22N4O. The minimum absolute atomic E-state index is 0.173. The number of hydrogen-bond acceptors (Lipinski definition) is 4. The fraction of sp³-hybridized carbons (Fsp3) is 0.625. The van der Waals surface area contributed by atoms with Crippen molar-refractivity contribution in [2.24, 2.45) is 17.8 Å². The molecule has 0 aromatic carbocycles. The van der Waals surface area contributed by atoms with Gasteiger partial charge in [-0.3, -0.25) is 4.79 Å². The second-order valence-corrected chi connectivity index (χ2v) is 6.41. The Morgan fingerprint density at radius 3 is 2.67 bits per heavy atom. The van der Waals surface area contributed by atoms with E-state index < -0.39 is 0 Å². The molecule has 1 amide bonds. The van der Waals surface area contributed by atoms with Gasteiger partial charge in [-0.25, -0.2) is 4.98 Å². The molecule has 2 aliphatic carbocycles. The molecule has 1 aromatic rings. The first-order valence-corrected chi connectivity index (χ1v) is 8.05. The summed E-state index contributed by atoms with van der Waals surface area (Å²) in [6, 6.07) is 3.98. The van der Waals surface area contributed by atoms with Crippen LogP contribution in [0.25, 0.3) is 0 Å². The third-order valence-corrected chi connectivity index (χ3v) is 5.19. The summed E-state index contributed by atoms with van der Waals surface area (Å²) in [6.45, 7) is 4.06. The van der Waals surface area contributed by atoms with E-state index in [9.17, 15) is 4.79 Å². The number of amides is 1. The Labute approximate surface area is 125 Å². The minimum atomic E-state index is 0.173. The number of carbonyl (C=O) groups excluding carboxylic acids is 1. The van der Waals surface area contributed by atoms with Crippen molar-refractivity contribution in [1.82, 2.24) is 10.3 Å². The molecule has 1 aliphatic heterocycles. The van der Waals surface area contributed by atoms with Crippen molar-refractivity contribution in [3.8, 4) is 0 Å². The van der Waals surface area contributed by atoms with E-state index in [1.807, 2.05) is 12.3 Å². The van der Waals surface area contributed by atoms with E-state index in [2.05, 4.69) is 26.6 Å². The van der Waals surface area contributed by atoms with E-state index in [0.29, 0.717) is 17.7 Å². The van der Waals surface area contributed by atoms with Crippen molar-refractivity contribution in [3.05, 3.63) is 18.3 Å². The Bertz CT molecular complexity index is 514. The first-order chi connectivity index (χ1) is 10.3. The van der Waals surface area contributed by atoms with E-state index in [0.717, 1.165) is 31.9 Å². The Morgan fingerprint density at radius 1 is 1.24 bits per heavy atom. The molecule has 3 aliphatic rings. The molecule has 0 spiro atoms. The van der Waals surface area contributed by atoms with Crippen LogP contribution in [-0.2, 0) is 4.79 Å². The molecule has 2 atom stereocenters. The van der Waals surface area contributed by atoms with Crippen LogP contribution in [0.1, 0.15) is 19.3 Å². The van der Waals surface area contributed by atoms with Crippen LogP contribution in [0.4, 0.5) is 11.5 Å². The second kappa shape index (κ2) is 5.30. The normalized spacial score (nSPS) is 30.9. The number of piperazine rings is 1. The van der Waals surface area contributed by atoms with Gasteiger partial charge in [0.2, 0.25) is 5.91 Å². The highest BCUT2D eigenvalue weighted by Crippen LogP contribution is 2.57. The summed E-state index contributed by atoms with van der Waals surface area (Å²) in [5.41, 5.74) is 1.14. The zero-order valence-electron chi connectivity index (χ0n) is 12.2. The molecule has 2 unspecified atom stereocenters. The molecule has 4 rings (SSSR count). The maximum absolute atomic E-state index is 12.2. The summed E-state index contributed by atoms with van der Waals surface area (Å²) >= 11 is 0. The Hall–Kier alpha value is -1.62. The first-order valence-electron chi connectivity index (χ1n) is 8.05. The maximum atomic E-state index is 12.2. The van der Waals surface area contributed by atoms with Crippen LogP contribution >= 0.6 is 0 Å². The van der Waals surface area contributed by atoms with Gasteiger partial charge in [0.15, 0.2) is 0 Å². The van der Waals surface area contributed by atoms with Gasteiger partial charge in [0.1, 0.15) is 5.82 Å². The predicted molar refractivity (Wildman–Crippen MR) is 82.3 cm³/mol. The van der Waals surface area contributed by atoms with Crippen LogP contribution in [0.3, 0.4) is 0 Å². The number of nitrogens with zero attached hydrogens (tertiary/aromatic N) is 2. The second-order valence-electron chi connectivity index (χ2n) is 6.41. The summed E-state index contributed by atoms with van der Waals surface area (Å²) in [7, 11) is 0. The molecule has 2 saturated carbocycles. The fourth-order valence-corrected chi connectivity index (χ4v) is 3.99. The van der Waals surface area contributed by atoms with Crippen LogP contribution in [-0.4, -0.2) is 37.1 Å². The van der Waals surface area contributed by atoms with Gasteiger partial charge in [0, 0.05) is 32.1 Å². The standard InChI is InChI=1S/C16H22N4O/c21-16(15-12-2-1-3-13(12)15)19-14-5-4-11(10-18-14)20-8-6-17-7-9-20/h4-5,10,12-13,15,17H,1-3,6-9H2,(H,18,19,21). The summed E-state index contributed by atoms with van der Waals surface area (Å²) in [5.74, 6) is 2.43. The van der Waals surface area contributed by atoms with Crippen molar-refractivity contribution < 1.29 is 4.79 Å². The van der Waals surface area contributed by atoms with Crippen LogP contribution in [0.2, 0.25) is 0 Å². The van der Waals surface area contributed by atoms with Crippen molar-refractivity contribution >= 4 is 17.4 Å². The Balaban J connectivity index is 1.36. The molecule has 5 nitrogen and oxygen atoms in total. The van der Waals surface area contributed by atoms with Crippen molar-refractivity contribution in [1.29, 1.82) is 0 Å². The first kappa shape index (κ1) is 13.1. The van der Waals surface area contributed by atoms with Crippen molar-refractivity contribution in [2.75, 3.05) is 36.4 Å². The van der Waals surface area contributed by atoms with Gasteiger partial charge in [-0.2, -0.15) is 0 Å². The number of rotatable bonds is 3. The minimum Gasteiger partial charge on any atom is -0.368 e. The van der Waals surface area contributed by atoms with Gasteiger partial charge in [-0.05, 0) is 36.8 Å². The lowest BCUT2D eigenvalue weighted by Gasteiger charge is -2.29. The van der Waals surface area contributed by atoms with Crippen LogP contribution in [0, 0.1) is 17.8 Å². The third kappa shape index (κ3) is 2.50. The zero-order valence-corrected chi connectivity index (χ0v) is 12.2. The molecule has 0 bridgehead atoms. The Kier molecular flexibility index (Phi) is 3.30. The molecule has 2 heterocycles. The lowest BCUT2D eigenvalue weighted by Crippen LogP contribution is -2.43. The van der Waals surface area contributed by atoms with Crippen molar-refractivity contribution in [3.63, 3.8) is 0 Å². The summed E-state index contributed by atoms with van der Waals surface area (Å²) < 4.78 is 0.